The summed E-state index contributed by atoms with van der Waals surface area (Å²) in [6.45, 7) is 6.30. The van der Waals surface area contributed by atoms with E-state index in [4.69, 9.17) is 18.9 Å². The Labute approximate surface area is 189 Å². The van der Waals surface area contributed by atoms with Crippen LogP contribution in [0, 0.1) is 0 Å². The minimum atomic E-state index is -0.722. The van der Waals surface area contributed by atoms with Crippen LogP contribution in [-0.4, -0.2) is 32.9 Å². The maximum absolute atomic E-state index is 12.6. The number of ether oxygens (including phenoxy) is 4. The van der Waals surface area contributed by atoms with Gasteiger partial charge in [-0.15, -0.1) is 0 Å². The lowest BCUT2D eigenvalue weighted by Gasteiger charge is -2.09. The van der Waals surface area contributed by atoms with Crippen molar-refractivity contribution in [2.75, 3.05) is 20.8 Å². The fourth-order valence-electron chi connectivity index (χ4n) is 3.00. The van der Waals surface area contributed by atoms with E-state index in [1.165, 1.54) is 14.2 Å². The standard InChI is InChI=1S/C25H31NO6/c1-5-6-7-8-15-31-25(28)32-21-12-9-19(10-13-21)17-20-11-14-22(29-3)23(30-4)16-18(2)26-24(20)27/h9-10,12-14,16-17H,2,5-8,11,15H2,1,3-4H3,(H,26,27)/b20-17+,22-14+,23-16+. The predicted octanol–water partition coefficient (Wildman–Crippen LogP) is 5.26. The van der Waals surface area contributed by atoms with Crippen molar-refractivity contribution < 1.29 is 28.5 Å². The van der Waals surface area contributed by atoms with Crippen LogP contribution in [0.15, 0.2) is 65.8 Å². The summed E-state index contributed by atoms with van der Waals surface area (Å²) >= 11 is 0. The molecule has 0 aliphatic carbocycles. The molecule has 0 aromatic heterocycles. The quantitative estimate of drug-likeness (QED) is 0.244. The maximum atomic E-state index is 12.6. The largest absolute Gasteiger partial charge is 0.513 e. The highest BCUT2D eigenvalue weighted by Crippen LogP contribution is 2.21. The Balaban J connectivity index is 2.05. The van der Waals surface area contributed by atoms with Crippen LogP contribution in [0.2, 0.25) is 0 Å². The first kappa shape index (κ1) is 24.8. The SMILES string of the molecule is C=C1/C=C(OC)\C(OC)=C/C/C(=C\c2ccc(OC(=O)OCCCCCC)cc2)C(=O)N1. The van der Waals surface area contributed by atoms with E-state index in [0.29, 0.717) is 41.6 Å². The zero-order valence-corrected chi connectivity index (χ0v) is 18.9. The third-order valence-electron chi connectivity index (χ3n) is 4.70. The second-order valence-corrected chi connectivity index (χ2v) is 7.17. The molecule has 1 aliphatic heterocycles. The van der Waals surface area contributed by atoms with Crippen LogP contribution in [0.1, 0.15) is 44.6 Å². The van der Waals surface area contributed by atoms with Crippen molar-refractivity contribution in [3.8, 4) is 5.75 Å². The van der Waals surface area contributed by atoms with Crippen LogP contribution >= 0.6 is 0 Å². The summed E-state index contributed by atoms with van der Waals surface area (Å²) in [5.41, 5.74) is 1.67. The molecular weight excluding hydrogens is 410 g/mol. The molecule has 7 heteroatoms. The molecule has 1 aromatic rings. The fraction of sp³-hybridized carbons (Fsp3) is 0.360. The molecule has 0 saturated carbocycles. The van der Waals surface area contributed by atoms with Crippen molar-refractivity contribution in [3.63, 3.8) is 0 Å². The van der Waals surface area contributed by atoms with Gasteiger partial charge in [0.15, 0.2) is 11.5 Å². The number of hydrogen-bond acceptors (Lipinski definition) is 6. The van der Waals surface area contributed by atoms with Crippen LogP contribution in [0.5, 0.6) is 5.75 Å². The average Bonchev–Trinajstić information content (AvgIpc) is 2.83. The Bertz CT molecular complexity index is 896. The Hall–Kier alpha value is -3.48. The molecule has 1 heterocycles. The van der Waals surface area contributed by atoms with Gasteiger partial charge in [-0.3, -0.25) is 4.79 Å². The van der Waals surface area contributed by atoms with Crippen molar-refractivity contribution >= 4 is 18.1 Å². The number of allylic oxidation sites excluding steroid dienone is 2. The number of carbonyl (C=O) groups excluding carboxylic acids is 2. The molecule has 0 saturated heterocycles. The molecule has 0 bridgehead atoms. The van der Waals surface area contributed by atoms with E-state index in [1.807, 2.05) is 0 Å². The Morgan fingerprint density at radius 3 is 2.47 bits per heavy atom. The minimum absolute atomic E-state index is 0.276. The molecule has 0 atom stereocenters. The zero-order chi connectivity index (χ0) is 23.3. The smallest absolute Gasteiger partial charge is 0.493 e. The summed E-state index contributed by atoms with van der Waals surface area (Å²) in [5, 5.41) is 2.74. The lowest BCUT2D eigenvalue weighted by atomic mass is 10.1. The van der Waals surface area contributed by atoms with E-state index >= 15 is 0 Å². The highest BCUT2D eigenvalue weighted by Gasteiger charge is 2.15. The number of methoxy groups -OCH3 is 2. The van der Waals surface area contributed by atoms with E-state index in [2.05, 4.69) is 18.8 Å². The molecule has 0 unspecified atom stereocenters. The normalized spacial score (nSPS) is 18.8. The summed E-state index contributed by atoms with van der Waals surface area (Å²) < 4.78 is 20.9. The van der Waals surface area contributed by atoms with Crippen LogP contribution in [0.4, 0.5) is 4.79 Å². The highest BCUT2D eigenvalue weighted by atomic mass is 16.7. The summed E-state index contributed by atoms with van der Waals surface area (Å²) in [4.78, 5) is 24.4. The average molecular weight is 442 g/mol. The Kier molecular flexibility index (Phi) is 10.1. The number of rotatable bonds is 9. The van der Waals surface area contributed by atoms with Gasteiger partial charge in [0, 0.05) is 17.3 Å². The molecule has 1 N–H and O–H groups in total. The monoisotopic (exact) mass is 441 g/mol. The molecule has 172 valence electrons. The number of carbonyl (C=O) groups is 2. The first-order chi connectivity index (χ1) is 15.5. The molecular formula is C25H31NO6. The van der Waals surface area contributed by atoms with Crippen molar-refractivity contribution in [2.45, 2.75) is 39.0 Å². The lowest BCUT2D eigenvalue weighted by Crippen LogP contribution is -2.22. The van der Waals surface area contributed by atoms with Crippen molar-refractivity contribution in [3.05, 3.63) is 71.3 Å². The Morgan fingerprint density at radius 2 is 1.81 bits per heavy atom. The van der Waals surface area contributed by atoms with E-state index in [0.717, 1.165) is 31.2 Å². The van der Waals surface area contributed by atoms with Crippen LogP contribution in [0.3, 0.4) is 0 Å². The number of unbranched alkanes of at least 4 members (excludes halogenated alkanes) is 3. The van der Waals surface area contributed by atoms with Gasteiger partial charge in [-0.25, -0.2) is 4.79 Å². The molecule has 1 aliphatic rings. The highest BCUT2D eigenvalue weighted by molar-refractivity contribution is 5.99. The molecule has 0 fully saturated rings. The van der Waals surface area contributed by atoms with Gasteiger partial charge in [0.25, 0.3) is 5.91 Å². The second kappa shape index (κ2) is 13.0. The summed E-state index contributed by atoms with van der Waals surface area (Å²) in [7, 11) is 3.06. The Morgan fingerprint density at radius 1 is 1.09 bits per heavy atom. The van der Waals surface area contributed by atoms with Gasteiger partial charge in [0.1, 0.15) is 5.75 Å². The molecule has 7 nitrogen and oxygen atoms in total. The molecule has 1 amide bonds. The first-order valence-corrected chi connectivity index (χ1v) is 10.6. The molecule has 1 aromatic carbocycles. The summed E-state index contributed by atoms with van der Waals surface area (Å²) in [6.07, 6.45) is 8.82. The van der Waals surface area contributed by atoms with E-state index in [-0.39, 0.29) is 5.91 Å². The maximum Gasteiger partial charge on any atom is 0.513 e. The molecule has 2 rings (SSSR count). The van der Waals surface area contributed by atoms with E-state index < -0.39 is 6.16 Å². The third-order valence-corrected chi connectivity index (χ3v) is 4.70. The van der Waals surface area contributed by atoms with Crippen LogP contribution in [-0.2, 0) is 19.0 Å². The topological polar surface area (TPSA) is 83.1 Å². The van der Waals surface area contributed by atoms with E-state index in [1.54, 1.807) is 42.5 Å². The molecule has 0 radical (unpaired) electrons. The van der Waals surface area contributed by atoms with E-state index in [9.17, 15) is 9.59 Å². The third kappa shape index (κ3) is 7.98. The van der Waals surface area contributed by atoms with Gasteiger partial charge >= 0.3 is 6.16 Å². The van der Waals surface area contributed by atoms with Gasteiger partial charge < -0.3 is 24.3 Å². The van der Waals surface area contributed by atoms with Crippen molar-refractivity contribution in [1.29, 1.82) is 0 Å². The van der Waals surface area contributed by atoms with Crippen LogP contribution < -0.4 is 10.1 Å². The summed E-state index contributed by atoms with van der Waals surface area (Å²) in [6, 6.07) is 6.81. The van der Waals surface area contributed by atoms with Crippen molar-refractivity contribution in [1.82, 2.24) is 5.32 Å². The number of amides is 1. The van der Waals surface area contributed by atoms with Gasteiger partial charge in [-0.2, -0.15) is 0 Å². The number of nitrogens with one attached hydrogen (secondary N) is 1. The van der Waals surface area contributed by atoms with Gasteiger partial charge in [-0.1, -0.05) is 44.9 Å². The molecule has 0 spiro atoms. The lowest BCUT2D eigenvalue weighted by molar-refractivity contribution is -0.116. The van der Waals surface area contributed by atoms with Gasteiger partial charge in [-0.05, 0) is 42.7 Å². The first-order valence-electron chi connectivity index (χ1n) is 10.6. The predicted molar refractivity (Wildman–Crippen MR) is 123 cm³/mol. The van der Waals surface area contributed by atoms with Gasteiger partial charge in [0.2, 0.25) is 0 Å². The fourth-order valence-corrected chi connectivity index (χ4v) is 3.00. The van der Waals surface area contributed by atoms with Crippen molar-refractivity contribution in [2.24, 2.45) is 0 Å². The zero-order valence-electron chi connectivity index (χ0n) is 18.9. The van der Waals surface area contributed by atoms with Crippen LogP contribution in [0.25, 0.3) is 6.08 Å². The molecule has 32 heavy (non-hydrogen) atoms. The minimum Gasteiger partial charge on any atom is -0.493 e. The summed E-state index contributed by atoms with van der Waals surface area (Å²) in [5.74, 6) is 1.07. The number of benzene rings is 1. The number of hydrogen-bond donors (Lipinski definition) is 1. The van der Waals surface area contributed by atoms with Gasteiger partial charge in [0.05, 0.1) is 20.8 Å². The second-order valence-electron chi connectivity index (χ2n) is 7.17.